The summed E-state index contributed by atoms with van der Waals surface area (Å²) in [6.07, 6.45) is 0. The largest absolute Gasteiger partial charge is 0.465 e. The summed E-state index contributed by atoms with van der Waals surface area (Å²) in [7, 11) is -2.76. The van der Waals surface area contributed by atoms with Gasteiger partial charge in [-0.05, 0) is 18.2 Å². The number of rotatable bonds is 6. The number of benzene rings is 2. The molecule has 0 aliphatic carbocycles. The molecule has 0 aliphatic rings. The number of hydrogen-bond acceptors (Lipinski definition) is 7. The number of nitrogens with one attached hydrogen (secondary N) is 1. The Morgan fingerprint density at radius 3 is 2.67 bits per heavy atom. The van der Waals surface area contributed by atoms with Crippen LogP contribution in [0.1, 0.15) is 16.2 Å². The molecule has 0 saturated carbocycles. The maximum absolute atomic E-state index is 12.5. The molecule has 8 nitrogen and oxygen atoms in total. The molecule has 0 spiro atoms. The average Bonchev–Trinajstić information content (AvgIpc) is 3.16. The molecule has 140 valence electrons. The number of ether oxygens (including phenoxy) is 1. The van der Waals surface area contributed by atoms with Crippen LogP contribution in [0, 0.1) is 0 Å². The first kappa shape index (κ1) is 19.0. The number of carbonyl (C=O) groups excluding carboxylic acids is 1. The molecule has 1 aromatic heterocycles. The van der Waals surface area contributed by atoms with Crippen LogP contribution < -0.4 is 4.72 Å². The van der Waals surface area contributed by atoms with E-state index in [1.165, 1.54) is 19.2 Å². The van der Waals surface area contributed by atoms with Crippen molar-refractivity contribution in [2.45, 2.75) is 11.4 Å². The molecule has 0 saturated heterocycles. The first-order valence-electron chi connectivity index (χ1n) is 7.66. The Kier molecular flexibility index (Phi) is 5.54. The van der Waals surface area contributed by atoms with Gasteiger partial charge in [-0.3, -0.25) is 0 Å². The van der Waals surface area contributed by atoms with E-state index in [1.54, 1.807) is 12.1 Å². The van der Waals surface area contributed by atoms with Crippen LogP contribution in [0.3, 0.4) is 0 Å². The van der Waals surface area contributed by atoms with Crippen molar-refractivity contribution >= 4 is 27.6 Å². The maximum Gasteiger partial charge on any atom is 0.339 e. The van der Waals surface area contributed by atoms with Crippen LogP contribution in [-0.2, 0) is 21.3 Å². The number of sulfonamides is 1. The van der Waals surface area contributed by atoms with Gasteiger partial charge in [0.1, 0.15) is 0 Å². The van der Waals surface area contributed by atoms with Crippen LogP contribution >= 0.6 is 11.6 Å². The van der Waals surface area contributed by atoms with Gasteiger partial charge in [-0.25, -0.2) is 17.9 Å². The van der Waals surface area contributed by atoms with Crippen molar-refractivity contribution in [1.82, 2.24) is 14.9 Å². The van der Waals surface area contributed by atoms with E-state index in [-0.39, 0.29) is 27.9 Å². The molecule has 27 heavy (non-hydrogen) atoms. The molecule has 3 aromatic rings. The van der Waals surface area contributed by atoms with Crippen molar-refractivity contribution < 1.29 is 22.5 Å². The Morgan fingerprint density at radius 2 is 1.96 bits per heavy atom. The summed E-state index contributed by atoms with van der Waals surface area (Å²) < 4.78 is 36.9. The lowest BCUT2D eigenvalue weighted by Crippen LogP contribution is -2.23. The van der Waals surface area contributed by atoms with E-state index in [1.807, 2.05) is 18.2 Å². The van der Waals surface area contributed by atoms with Gasteiger partial charge in [-0.15, -0.1) is 0 Å². The quantitative estimate of drug-likeness (QED) is 0.625. The van der Waals surface area contributed by atoms with Crippen LogP contribution in [0.2, 0.25) is 5.02 Å². The summed E-state index contributed by atoms with van der Waals surface area (Å²) in [5.74, 6) is -0.287. The summed E-state index contributed by atoms with van der Waals surface area (Å²) in [6, 6.07) is 12.8. The molecule has 0 aliphatic heterocycles. The molecule has 0 bridgehead atoms. The number of hydrogen-bond donors (Lipinski definition) is 1. The van der Waals surface area contributed by atoms with Gasteiger partial charge in [0.15, 0.2) is 0 Å². The molecule has 3 rings (SSSR count). The summed E-state index contributed by atoms with van der Waals surface area (Å²) in [4.78, 5) is 15.7. The number of aromatic nitrogens is 2. The zero-order chi connectivity index (χ0) is 19.4. The lowest BCUT2D eigenvalue weighted by Gasteiger charge is -2.07. The highest BCUT2D eigenvalue weighted by atomic mass is 35.5. The third-order valence-corrected chi connectivity index (χ3v) is 5.30. The minimum atomic E-state index is -3.94. The van der Waals surface area contributed by atoms with Crippen molar-refractivity contribution in [1.29, 1.82) is 0 Å². The van der Waals surface area contributed by atoms with E-state index >= 15 is 0 Å². The Labute approximate surface area is 160 Å². The first-order valence-corrected chi connectivity index (χ1v) is 9.52. The van der Waals surface area contributed by atoms with E-state index in [9.17, 15) is 13.2 Å². The Hall–Kier alpha value is -2.75. The summed E-state index contributed by atoms with van der Waals surface area (Å²) in [5.41, 5.74) is 0.696. The second-order valence-corrected chi connectivity index (χ2v) is 7.51. The number of halogens is 1. The smallest absolute Gasteiger partial charge is 0.339 e. The van der Waals surface area contributed by atoms with E-state index < -0.39 is 16.0 Å². The van der Waals surface area contributed by atoms with Gasteiger partial charge in [0, 0.05) is 5.56 Å². The van der Waals surface area contributed by atoms with E-state index in [0.29, 0.717) is 5.82 Å². The number of methoxy groups -OCH3 is 1. The van der Waals surface area contributed by atoms with Gasteiger partial charge in [-0.1, -0.05) is 47.1 Å². The molecule has 0 fully saturated rings. The van der Waals surface area contributed by atoms with E-state index in [4.69, 9.17) is 16.1 Å². The van der Waals surface area contributed by atoms with E-state index in [2.05, 4.69) is 19.6 Å². The fraction of sp³-hybridized carbons (Fsp3) is 0.118. The molecule has 1 heterocycles. The first-order chi connectivity index (χ1) is 12.9. The highest BCUT2D eigenvalue weighted by Gasteiger charge is 2.20. The van der Waals surface area contributed by atoms with Gasteiger partial charge < -0.3 is 9.26 Å². The Balaban J connectivity index is 1.76. The van der Waals surface area contributed by atoms with Crippen LogP contribution in [0.4, 0.5) is 0 Å². The Morgan fingerprint density at radius 1 is 1.22 bits per heavy atom. The topological polar surface area (TPSA) is 111 Å². The predicted octanol–water partition coefficient (Wildman–Crippen LogP) is 2.66. The fourth-order valence-corrected chi connectivity index (χ4v) is 3.40. The highest BCUT2D eigenvalue weighted by molar-refractivity contribution is 7.89. The van der Waals surface area contributed by atoms with Crippen molar-refractivity contribution in [3.8, 4) is 11.4 Å². The van der Waals surface area contributed by atoms with Crippen LogP contribution in [0.25, 0.3) is 11.4 Å². The molecular formula is C17H14ClN3O5S. The van der Waals surface area contributed by atoms with Crippen LogP contribution in [0.15, 0.2) is 57.9 Å². The highest BCUT2D eigenvalue weighted by Crippen LogP contribution is 2.21. The van der Waals surface area contributed by atoms with Gasteiger partial charge >= 0.3 is 5.97 Å². The van der Waals surface area contributed by atoms with Crippen LogP contribution in [-0.4, -0.2) is 31.6 Å². The third kappa shape index (κ3) is 4.33. The summed E-state index contributed by atoms with van der Waals surface area (Å²) in [5, 5.41) is 3.91. The number of nitrogens with zero attached hydrogens (tertiary/aromatic N) is 2. The molecule has 2 aromatic carbocycles. The summed E-state index contributed by atoms with van der Waals surface area (Å²) >= 11 is 5.90. The number of carbonyl (C=O) groups is 1. The van der Waals surface area contributed by atoms with E-state index in [0.717, 1.165) is 11.6 Å². The molecule has 0 atom stereocenters. The fourth-order valence-electron chi connectivity index (χ4n) is 2.21. The monoisotopic (exact) mass is 407 g/mol. The molecule has 0 radical (unpaired) electrons. The van der Waals surface area contributed by atoms with Crippen molar-refractivity contribution in [3.05, 3.63) is 65.0 Å². The zero-order valence-corrected chi connectivity index (χ0v) is 15.6. The second-order valence-electron chi connectivity index (χ2n) is 5.34. The molecule has 0 unspecified atom stereocenters. The lowest BCUT2D eigenvalue weighted by molar-refractivity contribution is 0.0600. The standard InChI is InChI=1S/C17H14ClN3O5S/c1-25-17(22)13-9-12(7-8-14(13)18)27(23,24)19-10-15-20-16(21-26-15)11-5-3-2-4-6-11/h2-9,19H,10H2,1H3. The minimum absolute atomic E-state index is 0.0498. The second kappa shape index (κ2) is 7.87. The third-order valence-electron chi connectivity index (χ3n) is 3.57. The molecule has 1 N–H and O–H groups in total. The summed E-state index contributed by atoms with van der Waals surface area (Å²) in [6.45, 7) is -0.210. The van der Waals surface area contributed by atoms with Crippen molar-refractivity contribution in [2.75, 3.05) is 7.11 Å². The molecule has 10 heteroatoms. The van der Waals surface area contributed by atoms with Crippen molar-refractivity contribution in [3.63, 3.8) is 0 Å². The average molecular weight is 408 g/mol. The van der Waals surface area contributed by atoms with Gasteiger partial charge in [-0.2, -0.15) is 4.98 Å². The van der Waals surface area contributed by atoms with Crippen LogP contribution in [0.5, 0.6) is 0 Å². The van der Waals surface area contributed by atoms with Gasteiger partial charge in [0.2, 0.25) is 21.7 Å². The molecular weight excluding hydrogens is 394 g/mol. The number of esters is 1. The SMILES string of the molecule is COC(=O)c1cc(S(=O)(=O)NCc2nc(-c3ccccc3)no2)ccc1Cl. The van der Waals surface area contributed by atoms with Gasteiger partial charge in [0.25, 0.3) is 0 Å². The zero-order valence-electron chi connectivity index (χ0n) is 14.0. The maximum atomic E-state index is 12.5. The lowest BCUT2D eigenvalue weighted by atomic mass is 10.2. The van der Waals surface area contributed by atoms with Gasteiger partial charge in [0.05, 0.1) is 29.1 Å². The minimum Gasteiger partial charge on any atom is -0.465 e. The molecule has 0 amide bonds. The van der Waals surface area contributed by atoms with Crippen molar-refractivity contribution in [2.24, 2.45) is 0 Å². The Bertz CT molecular complexity index is 1070. The normalized spacial score (nSPS) is 11.3. The predicted molar refractivity (Wildman–Crippen MR) is 96.6 cm³/mol.